The highest BCUT2D eigenvalue weighted by atomic mass is 16.5. The van der Waals surface area contributed by atoms with Crippen molar-refractivity contribution in [2.24, 2.45) is 0 Å². The van der Waals surface area contributed by atoms with E-state index in [1.165, 1.54) is 22.4 Å². The van der Waals surface area contributed by atoms with E-state index < -0.39 is 0 Å². The summed E-state index contributed by atoms with van der Waals surface area (Å²) in [5.41, 5.74) is 6.55. The fourth-order valence-corrected chi connectivity index (χ4v) is 3.71. The lowest BCUT2D eigenvalue weighted by molar-refractivity contribution is 0.146. The Kier molecular flexibility index (Phi) is 5.49. The summed E-state index contributed by atoms with van der Waals surface area (Å²) in [5, 5.41) is 0. The largest absolute Gasteiger partial charge is 0.489 e. The molecule has 0 unspecified atom stereocenters. The zero-order valence-electron chi connectivity index (χ0n) is 15.7. The molecule has 0 aromatic heterocycles. The second-order valence-electron chi connectivity index (χ2n) is 6.72. The van der Waals surface area contributed by atoms with Crippen molar-refractivity contribution in [3.05, 3.63) is 53.1 Å². The van der Waals surface area contributed by atoms with Gasteiger partial charge in [-0.1, -0.05) is 29.8 Å². The van der Waals surface area contributed by atoms with Gasteiger partial charge in [0.2, 0.25) is 0 Å². The summed E-state index contributed by atoms with van der Waals surface area (Å²) in [7, 11) is 1.69. The summed E-state index contributed by atoms with van der Waals surface area (Å²) >= 11 is 0. The number of para-hydroxylation sites is 2. The Morgan fingerprint density at radius 1 is 0.920 bits per heavy atom. The topological polar surface area (TPSA) is 24.9 Å². The predicted molar refractivity (Wildman–Crippen MR) is 104 cm³/mol. The first-order valence-electron chi connectivity index (χ1n) is 8.88. The van der Waals surface area contributed by atoms with Crippen LogP contribution in [0.1, 0.15) is 16.7 Å². The number of aryl methyl sites for hydroxylation is 3. The lowest BCUT2D eigenvalue weighted by Crippen LogP contribution is -2.26. The highest BCUT2D eigenvalue weighted by molar-refractivity contribution is 5.65. The van der Waals surface area contributed by atoms with Gasteiger partial charge in [-0.2, -0.15) is 0 Å². The van der Waals surface area contributed by atoms with Crippen molar-refractivity contribution in [3.63, 3.8) is 0 Å². The Morgan fingerprint density at radius 2 is 1.60 bits per heavy atom. The SMILES string of the molecule is COCCOc1ccccc1N1CCN(c2c(C)cc(C)cc2C)C1. The van der Waals surface area contributed by atoms with Crippen LogP contribution in [0.4, 0.5) is 11.4 Å². The van der Waals surface area contributed by atoms with Crippen LogP contribution < -0.4 is 14.5 Å². The monoisotopic (exact) mass is 340 g/mol. The summed E-state index contributed by atoms with van der Waals surface area (Å²) in [4.78, 5) is 4.86. The van der Waals surface area contributed by atoms with Crippen LogP contribution >= 0.6 is 0 Å². The quantitative estimate of drug-likeness (QED) is 0.744. The number of rotatable bonds is 6. The Labute approximate surface area is 151 Å². The van der Waals surface area contributed by atoms with E-state index in [4.69, 9.17) is 9.47 Å². The number of hydrogen-bond donors (Lipinski definition) is 0. The maximum absolute atomic E-state index is 5.91. The van der Waals surface area contributed by atoms with Crippen molar-refractivity contribution < 1.29 is 9.47 Å². The highest BCUT2D eigenvalue weighted by Gasteiger charge is 2.24. The molecule has 0 radical (unpaired) electrons. The Morgan fingerprint density at radius 3 is 2.32 bits per heavy atom. The average molecular weight is 340 g/mol. The molecule has 1 heterocycles. The van der Waals surface area contributed by atoms with Crippen LogP contribution in [-0.4, -0.2) is 40.1 Å². The third-order valence-electron chi connectivity index (χ3n) is 4.68. The van der Waals surface area contributed by atoms with Crippen LogP contribution in [0.2, 0.25) is 0 Å². The lowest BCUT2D eigenvalue weighted by atomic mass is 10.0. The molecule has 1 aliphatic rings. The van der Waals surface area contributed by atoms with E-state index in [1.807, 2.05) is 12.1 Å². The molecule has 4 heteroatoms. The molecule has 3 rings (SSSR count). The molecule has 0 atom stereocenters. The molecule has 1 aliphatic heterocycles. The van der Waals surface area contributed by atoms with Gasteiger partial charge in [-0.15, -0.1) is 0 Å². The first-order valence-corrected chi connectivity index (χ1v) is 8.88. The van der Waals surface area contributed by atoms with Gasteiger partial charge in [-0.3, -0.25) is 0 Å². The molecular weight excluding hydrogens is 312 g/mol. The van der Waals surface area contributed by atoms with E-state index in [2.05, 4.69) is 54.8 Å². The van der Waals surface area contributed by atoms with Crippen LogP contribution in [0.5, 0.6) is 5.75 Å². The molecule has 0 N–H and O–H groups in total. The minimum atomic E-state index is 0.571. The van der Waals surface area contributed by atoms with Gasteiger partial charge in [0.1, 0.15) is 12.4 Å². The Hall–Kier alpha value is -2.20. The highest BCUT2D eigenvalue weighted by Crippen LogP contribution is 2.33. The average Bonchev–Trinajstić information content (AvgIpc) is 3.04. The molecule has 0 aliphatic carbocycles. The molecule has 0 bridgehead atoms. The van der Waals surface area contributed by atoms with Crippen LogP contribution in [0.3, 0.4) is 0 Å². The van der Waals surface area contributed by atoms with Crippen LogP contribution in [0.15, 0.2) is 36.4 Å². The third kappa shape index (κ3) is 3.90. The van der Waals surface area contributed by atoms with Crippen molar-refractivity contribution in [2.75, 3.05) is 49.9 Å². The van der Waals surface area contributed by atoms with Gasteiger partial charge < -0.3 is 19.3 Å². The second-order valence-corrected chi connectivity index (χ2v) is 6.72. The van der Waals surface area contributed by atoms with Crippen LogP contribution in [0, 0.1) is 20.8 Å². The summed E-state index contributed by atoms with van der Waals surface area (Å²) in [6.45, 7) is 10.7. The fraction of sp³-hybridized carbons (Fsp3) is 0.429. The molecule has 2 aromatic rings. The molecule has 0 saturated carbocycles. The summed E-state index contributed by atoms with van der Waals surface area (Å²) < 4.78 is 11.0. The second kappa shape index (κ2) is 7.79. The first-order chi connectivity index (χ1) is 12.1. The molecule has 1 fully saturated rings. The fourth-order valence-electron chi connectivity index (χ4n) is 3.71. The third-order valence-corrected chi connectivity index (χ3v) is 4.68. The number of ether oxygens (including phenoxy) is 2. The number of hydrogen-bond acceptors (Lipinski definition) is 4. The maximum Gasteiger partial charge on any atom is 0.142 e. The molecule has 4 nitrogen and oxygen atoms in total. The zero-order chi connectivity index (χ0) is 17.8. The van der Waals surface area contributed by atoms with Crippen molar-refractivity contribution in [2.45, 2.75) is 20.8 Å². The minimum Gasteiger partial charge on any atom is -0.489 e. The molecular formula is C21H28N2O2. The summed E-state index contributed by atoms with van der Waals surface area (Å²) in [5.74, 6) is 0.929. The van der Waals surface area contributed by atoms with E-state index in [1.54, 1.807) is 7.11 Å². The molecule has 2 aromatic carbocycles. The van der Waals surface area contributed by atoms with Gasteiger partial charge >= 0.3 is 0 Å². The predicted octanol–water partition coefficient (Wildman–Crippen LogP) is 3.92. The minimum absolute atomic E-state index is 0.571. The molecule has 134 valence electrons. The number of anilines is 2. The molecule has 0 spiro atoms. The van der Waals surface area contributed by atoms with Gasteiger partial charge in [0.25, 0.3) is 0 Å². The van der Waals surface area contributed by atoms with E-state index >= 15 is 0 Å². The molecule has 1 saturated heterocycles. The Balaban J connectivity index is 1.78. The standard InChI is InChI=1S/C21H28N2O2/c1-16-13-17(2)21(18(3)14-16)23-10-9-22(15-23)19-7-5-6-8-20(19)25-12-11-24-4/h5-8,13-14H,9-12,15H2,1-4H3. The normalized spacial score (nSPS) is 14.2. The number of methoxy groups -OCH3 is 1. The summed E-state index contributed by atoms with van der Waals surface area (Å²) in [6, 6.07) is 12.8. The molecule has 0 amide bonds. The van der Waals surface area contributed by atoms with Crippen LogP contribution in [0.25, 0.3) is 0 Å². The van der Waals surface area contributed by atoms with E-state index in [9.17, 15) is 0 Å². The van der Waals surface area contributed by atoms with E-state index in [0.717, 1.165) is 31.2 Å². The van der Waals surface area contributed by atoms with Gasteiger partial charge in [0.15, 0.2) is 0 Å². The smallest absolute Gasteiger partial charge is 0.142 e. The summed E-state index contributed by atoms with van der Waals surface area (Å²) in [6.07, 6.45) is 0. The van der Waals surface area contributed by atoms with Crippen molar-refractivity contribution in [1.29, 1.82) is 0 Å². The van der Waals surface area contributed by atoms with Crippen molar-refractivity contribution >= 4 is 11.4 Å². The number of benzene rings is 2. The van der Waals surface area contributed by atoms with Gasteiger partial charge in [-0.25, -0.2) is 0 Å². The van der Waals surface area contributed by atoms with Gasteiger partial charge in [-0.05, 0) is 44.0 Å². The van der Waals surface area contributed by atoms with Crippen molar-refractivity contribution in [3.8, 4) is 5.75 Å². The van der Waals surface area contributed by atoms with E-state index in [0.29, 0.717) is 13.2 Å². The Bertz CT molecular complexity index is 707. The van der Waals surface area contributed by atoms with Crippen LogP contribution in [-0.2, 0) is 4.74 Å². The van der Waals surface area contributed by atoms with Gasteiger partial charge in [0.05, 0.1) is 19.0 Å². The number of nitrogens with zero attached hydrogens (tertiary/aromatic N) is 2. The molecule has 25 heavy (non-hydrogen) atoms. The zero-order valence-corrected chi connectivity index (χ0v) is 15.7. The maximum atomic E-state index is 5.91. The van der Waals surface area contributed by atoms with Crippen molar-refractivity contribution in [1.82, 2.24) is 0 Å². The first kappa shape index (κ1) is 17.6. The lowest BCUT2D eigenvalue weighted by Gasteiger charge is -2.25. The van der Waals surface area contributed by atoms with Gasteiger partial charge in [0, 0.05) is 25.9 Å². The van der Waals surface area contributed by atoms with E-state index in [-0.39, 0.29) is 0 Å².